The predicted molar refractivity (Wildman–Crippen MR) is 39.3 cm³/mol. The molecule has 0 amide bonds. The molecule has 0 unspecified atom stereocenters. The molecule has 17 heavy (non-hydrogen) atoms. The van der Waals surface area contributed by atoms with Crippen molar-refractivity contribution in [2.75, 3.05) is 0 Å². The first kappa shape index (κ1) is 14.1. The lowest BCUT2D eigenvalue weighted by atomic mass is 10.1. The van der Waals surface area contributed by atoms with E-state index in [0.717, 1.165) is 0 Å². The van der Waals surface area contributed by atoms with Gasteiger partial charge in [0.1, 0.15) is 4.88 Å². The third-order valence-corrected chi connectivity index (χ3v) is 2.66. The summed E-state index contributed by atoms with van der Waals surface area (Å²) >= 11 is -0.628. The normalized spacial score (nSPS) is 14.2. The molecular weight excluding hydrogens is 287 g/mol. The quantitative estimate of drug-likeness (QED) is 0.601. The summed E-state index contributed by atoms with van der Waals surface area (Å²) in [7, 11) is 0. The molecule has 0 bridgehead atoms. The van der Waals surface area contributed by atoms with Crippen LogP contribution < -0.4 is 0 Å². The van der Waals surface area contributed by atoms with E-state index in [1.54, 1.807) is 0 Å². The Balaban J connectivity index is 3.53. The van der Waals surface area contributed by atoms with E-state index < -0.39 is 45.9 Å². The van der Waals surface area contributed by atoms with E-state index >= 15 is 0 Å². The number of alkyl halides is 9. The second-order valence-corrected chi connectivity index (χ2v) is 3.73. The maximum absolute atomic E-state index is 12.2. The van der Waals surface area contributed by atoms with Crippen LogP contribution in [-0.4, -0.2) is 0 Å². The Kier molecular flexibility index (Phi) is 3.15. The molecule has 0 nitrogen and oxygen atoms in total. The van der Waals surface area contributed by atoms with Gasteiger partial charge in [0.15, 0.2) is 0 Å². The summed E-state index contributed by atoms with van der Waals surface area (Å²) in [5.41, 5.74) is -5.00. The van der Waals surface area contributed by atoms with Crippen LogP contribution in [0.3, 0.4) is 0 Å². The zero-order chi connectivity index (χ0) is 13.6. The topological polar surface area (TPSA) is 0 Å². The summed E-state index contributed by atoms with van der Waals surface area (Å²) in [6, 6.07) is 0. The standard InChI is InChI=1S/C7HF9S/c8-5(9,10)2-1-17-4(7(14,15)16)3(2)6(11,12)13/h1H. The van der Waals surface area contributed by atoms with Crippen LogP contribution in [0.1, 0.15) is 16.0 Å². The molecule has 10 heteroatoms. The Morgan fingerprint density at radius 2 is 1.18 bits per heavy atom. The highest BCUT2D eigenvalue weighted by Crippen LogP contribution is 2.49. The number of thiophene rings is 1. The maximum atomic E-state index is 12.2. The minimum Gasteiger partial charge on any atom is -0.166 e. The van der Waals surface area contributed by atoms with Crippen molar-refractivity contribution in [2.24, 2.45) is 0 Å². The van der Waals surface area contributed by atoms with Gasteiger partial charge in [0.25, 0.3) is 0 Å². The van der Waals surface area contributed by atoms with Gasteiger partial charge in [-0.3, -0.25) is 0 Å². The summed E-state index contributed by atoms with van der Waals surface area (Å²) < 4.78 is 109. The van der Waals surface area contributed by atoms with Gasteiger partial charge in [0.05, 0.1) is 11.1 Å². The molecule has 0 aliphatic heterocycles. The molecule has 0 saturated heterocycles. The van der Waals surface area contributed by atoms with E-state index in [1.165, 1.54) is 0 Å². The van der Waals surface area contributed by atoms with Gasteiger partial charge in [-0.05, 0) is 0 Å². The zero-order valence-electron chi connectivity index (χ0n) is 7.39. The van der Waals surface area contributed by atoms with Gasteiger partial charge in [-0.15, -0.1) is 11.3 Å². The van der Waals surface area contributed by atoms with Crippen LogP contribution in [0.15, 0.2) is 5.38 Å². The Bertz CT molecular complexity index is 373. The Morgan fingerprint density at radius 1 is 0.706 bits per heavy atom. The van der Waals surface area contributed by atoms with Crippen molar-refractivity contribution in [3.05, 3.63) is 21.4 Å². The fourth-order valence-electron chi connectivity index (χ4n) is 1.06. The first-order valence-electron chi connectivity index (χ1n) is 3.68. The van der Waals surface area contributed by atoms with Crippen molar-refractivity contribution in [3.63, 3.8) is 0 Å². The van der Waals surface area contributed by atoms with E-state index in [2.05, 4.69) is 0 Å². The highest BCUT2D eigenvalue weighted by Gasteiger charge is 2.51. The lowest BCUT2D eigenvalue weighted by Crippen LogP contribution is -2.19. The number of halogens is 9. The molecule has 0 radical (unpaired) electrons. The van der Waals surface area contributed by atoms with Gasteiger partial charge in [-0.1, -0.05) is 0 Å². The summed E-state index contributed by atoms with van der Waals surface area (Å²) in [5, 5.41) is -0.189. The van der Waals surface area contributed by atoms with Crippen LogP contribution in [0.5, 0.6) is 0 Å². The number of rotatable bonds is 0. The third kappa shape index (κ3) is 2.85. The van der Waals surface area contributed by atoms with Gasteiger partial charge in [0.2, 0.25) is 0 Å². The maximum Gasteiger partial charge on any atom is 0.426 e. The van der Waals surface area contributed by atoms with Crippen LogP contribution >= 0.6 is 11.3 Å². The molecule has 0 fully saturated rings. The smallest absolute Gasteiger partial charge is 0.166 e. The first-order chi connectivity index (χ1) is 7.35. The Morgan fingerprint density at radius 3 is 1.47 bits per heavy atom. The average Bonchev–Trinajstić information content (AvgIpc) is 2.42. The lowest BCUT2D eigenvalue weighted by molar-refractivity contribution is -0.172. The van der Waals surface area contributed by atoms with E-state index in [0.29, 0.717) is 0 Å². The molecule has 0 aromatic carbocycles. The monoisotopic (exact) mass is 288 g/mol. The van der Waals surface area contributed by atoms with Crippen molar-refractivity contribution in [2.45, 2.75) is 18.5 Å². The molecule has 0 spiro atoms. The molecule has 0 aliphatic carbocycles. The lowest BCUT2D eigenvalue weighted by Gasteiger charge is -2.14. The molecule has 1 heterocycles. The number of hydrogen-bond donors (Lipinski definition) is 0. The van der Waals surface area contributed by atoms with E-state index in [9.17, 15) is 39.5 Å². The largest absolute Gasteiger partial charge is 0.426 e. The van der Waals surface area contributed by atoms with Gasteiger partial charge in [-0.25, -0.2) is 0 Å². The molecule has 1 aromatic heterocycles. The molecular formula is C7HF9S. The zero-order valence-corrected chi connectivity index (χ0v) is 8.20. The van der Waals surface area contributed by atoms with Crippen molar-refractivity contribution < 1.29 is 39.5 Å². The highest BCUT2D eigenvalue weighted by atomic mass is 32.1. The molecule has 98 valence electrons. The second-order valence-electron chi connectivity index (χ2n) is 2.85. The SMILES string of the molecule is FC(F)(F)c1csc(C(F)(F)F)c1C(F)(F)F. The van der Waals surface area contributed by atoms with Gasteiger partial charge >= 0.3 is 18.5 Å². The van der Waals surface area contributed by atoms with Gasteiger partial charge in [-0.2, -0.15) is 39.5 Å². The van der Waals surface area contributed by atoms with Gasteiger partial charge in [0, 0.05) is 5.38 Å². The fourth-order valence-corrected chi connectivity index (χ4v) is 2.02. The Labute approximate surface area is 91.7 Å². The summed E-state index contributed by atoms with van der Waals surface area (Å²) in [6.07, 6.45) is -16.7. The van der Waals surface area contributed by atoms with E-state index in [1.807, 2.05) is 0 Å². The summed E-state index contributed by atoms with van der Waals surface area (Å²) in [5.74, 6) is 0. The molecule has 0 saturated carbocycles. The van der Waals surface area contributed by atoms with Crippen LogP contribution in [0.2, 0.25) is 0 Å². The predicted octanol–water partition coefficient (Wildman–Crippen LogP) is 4.80. The average molecular weight is 288 g/mol. The molecule has 1 rings (SSSR count). The minimum atomic E-state index is -5.71. The van der Waals surface area contributed by atoms with Crippen molar-refractivity contribution in [1.29, 1.82) is 0 Å². The molecule has 0 N–H and O–H groups in total. The van der Waals surface area contributed by atoms with Crippen molar-refractivity contribution in [3.8, 4) is 0 Å². The van der Waals surface area contributed by atoms with E-state index in [4.69, 9.17) is 0 Å². The summed E-state index contributed by atoms with van der Waals surface area (Å²) in [6.45, 7) is 0. The van der Waals surface area contributed by atoms with Gasteiger partial charge < -0.3 is 0 Å². The van der Waals surface area contributed by atoms with Crippen LogP contribution in [0.25, 0.3) is 0 Å². The highest BCUT2D eigenvalue weighted by molar-refractivity contribution is 7.10. The minimum absolute atomic E-state index is 0.189. The fraction of sp³-hybridized carbons (Fsp3) is 0.429. The second kappa shape index (κ2) is 3.79. The van der Waals surface area contributed by atoms with E-state index in [-0.39, 0.29) is 5.38 Å². The Hall–Kier alpha value is -0.930. The molecule has 1 aromatic rings. The molecule has 0 aliphatic rings. The number of hydrogen-bond acceptors (Lipinski definition) is 1. The van der Waals surface area contributed by atoms with Crippen molar-refractivity contribution in [1.82, 2.24) is 0 Å². The molecule has 0 atom stereocenters. The summed E-state index contributed by atoms with van der Waals surface area (Å²) in [4.78, 5) is -2.29. The van der Waals surface area contributed by atoms with Crippen LogP contribution in [0, 0.1) is 0 Å². The third-order valence-electron chi connectivity index (χ3n) is 1.64. The van der Waals surface area contributed by atoms with Crippen LogP contribution in [-0.2, 0) is 18.5 Å². The van der Waals surface area contributed by atoms with Crippen molar-refractivity contribution >= 4 is 11.3 Å². The van der Waals surface area contributed by atoms with Crippen LogP contribution in [0.4, 0.5) is 39.5 Å². The first-order valence-corrected chi connectivity index (χ1v) is 4.56.